The van der Waals surface area contributed by atoms with Gasteiger partial charge in [-0.1, -0.05) is 0 Å². The largest absolute Gasteiger partial charge is 0.394 e. The molecule has 0 aliphatic carbocycles. The Morgan fingerprint density at radius 3 is 2.44 bits per heavy atom. The molecule has 3 N–H and O–H groups in total. The number of halogens is 3. The van der Waals surface area contributed by atoms with Crippen LogP contribution >= 0.6 is 0 Å². The van der Waals surface area contributed by atoms with Crippen molar-refractivity contribution < 1.29 is 23.1 Å². The number of hydrogen-bond donors (Lipinski definition) is 3. The smallest absolute Gasteiger partial charge is 0.319 e. The summed E-state index contributed by atoms with van der Waals surface area (Å²) in [6.45, 7) is 2.74. The highest BCUT2D eigenvalue weighted by molar-refractivity contribution is 5.89. The number of aliphatic hydroxyl groups is 1. The molecular weight excluding hydrogens is 249 g/mol. The summed E-state index contributed by atoms with van der Waals surface area (Å²) in [5.41, 5.74) is -1.40. The van der Waals surface area contributed by atoms with Crippen LogP contribution < -0.4 is 10.6 Å². The lowest BCUT2D eigenvalue weighted by molar-refractivity contribution is 0.187. The van der Waals surface area contributed by atoms with Gasteiger partial charge in [0.1, 0.15) is 0 Å². The van der Waals surface area contributed by atoms with Gasteiger partial charge in [0, 0.05) is 0 Å². The third-order valence-corrected chi connectivity index (χ3v) is 2.13. The number of hydrogen-bond acceptors (Lipinski definition) is 2. The van der Waals surface area contributed by atoms with E-state index >= 15 is 0 Å². The molecule has 100 valence electrons. The molecule has 4 nitrogen and oxygen atoms in total. The Balaban J connectivity index is 2.80. The SMILES string of the molecule is CC(C)(CO)NC(=O)Nc1ccc(F)c(F)c1F. The van der Waals surface area contributed by atoms with Gasteiger partial charge in [-0.2, -0.15) is 0 Å². The Kier molecular flexibility index (Phi) is 4.18. The summed E-state index contributed by atoms with van der Waals surface area (Å²) in [7, 11) is 0. The van der Waals surface area contributed by atoms with Crippen molar-refractivity contribution in [3.8, 4) is 0 Å². The number of rotatable bonds is 3. The first-order valence-electron chi connectivity index (χ1n) is 5.10. The number of urea groups is 1. The Hall–Kier alpha value is -1.76. The van der Waals surface area contributed by atoms with Gasteiger partial charge in [0.2, 0.25) is 0 Å². The van der Waals surface area contributed by atoms with E-state index in [1.54, 1.807) is 0 Å². The van der Waals surface area contributed by atoms with Gasteiger partial charge >= 0.3 is 6.03 Å². The van der Waals surface area contributed by atoms with Crippen LogP contribution in [-0.4, -0.2) is 23.3 Å². The second kappa shape index (κ2) is 5.26. The zero-order chi connectivity index (χ0) is 13.9. The van der Waals surface area contributed by atoms with Gasteiger partial charge in [-0.3, -0.25) is 0 Å². The lowest BCUT2D eigenvalue weighted by atomic mass is 10.1. The fourth-order valence-corrected chi connectivity index (χ4v) is 1.12. The number of anilines is 1. The van der Waals surface area contributed by atoms with Crippen LogP contribution in [0.25, 0.3) is 0 Å². The molecular formula is C11H13F3N2O2. The van der Waals surface area contributed by atoms with E-state index in [-0.39, 0.29) is 6.61 Å². The van der Waals surface area contributed by atoms with E-state index in [1.165, 1.54) is 13.8 Å². The highest BCUT2D eigenvalue weighted by Crippen LogP contribution is 2.19. The van der Waals surface area contributed by atoms with Crippen LogP contribution in [0.2, 0.25) is 0 Å². The molecule has 0 aromatic heterocycles. The van der Waals surface area contributed by atoms with E-state index in [1.807, 2.05) is 5.32 Å². The van der Waals surface area contributed by atoms with Gasteiger partial charge in [-0.25, -0.2) is 18.0 Å². The molecule has 0 atom stereocenters. The van der Waals surface area contributed by atoms with Crippen LogP contribution in [0.1, 0.15) is 13.8 Å². The van der Waals surface area contributed by atoms with Crippen LogP contribution in [0.4, 0.5) is 23.7 Å². The molecule has 1 rings (SSSR count). The first-order valence-corrected chi connectivity index (χ1v) is 5.10. The van der Waals surface area contributed by atoms with Gasteiger partial charge in [-0.05, 0) is 26.0 Å². The highest BCUT2D eigenvalue weighted by Gasteiger charge is 2.21. The third-order valence-electron chi connectivity index (χ3n) is 2.13. The van der Waals surface area contributed by atoms with E-state index in [2.05, 4.69) is 5.32 Å². The maximum Gasteiger partial charge on any atom is 0.319 e. The number of aliphatic hydroxyl groups excluding tert-OH is 1. The van der Waals surface area contributed by atoms with Crippen molar-refractivity contribution >= 4 is 11.7 Å². The zero-order valence-corrected chi connectivity index (χ0v) is 9.85. The van der Waals surface area contributed by atoms with Crippen LogP contribution in [0, 0.1) is 17.5 Å². The Morgan fingerprint density at radius 2 is 1.89 bits per heavy atom. The first kappa shape index (κ1) is 14.3. The number of nitrogens with one attached hydrogen (secondary N) is 2. The topological polar surface area (TPSA) is 61.4 Å². The van der Waals surface area contributed by atoms with Crippen LogP contribution in [-0.2, 0) is 0 Å². The molecule has 0 aliphatic rings. The Labute approximate surface area is 102 Å². The van der Waals surface area contributed by atoms with Crippen LogP contribution in [0.15, 0.2) is 12.1 Å². The average molecular weight is 262 g/mol. The summed E-state index contributed by atoms with van der Waals surface area (Å²) >= 11 is 0. The molecule has 0 spiro atoms. The normalized spacial score (nSPS) is 11.2. The number of amides is 2. The maximum atomic E-state index is 13.2. The van der Waals surface area contributed by atoms with Crippen molar-refractivity contribution in [2.24, 2.45) is 0 Å². The quantitative estimate of drug-likeness (QED) is 0.729. The first-order chi connectivity index (χ1) is 8.26. The predicted octanol–water partition coefficient (Wildman–Crippen LogP) is 2.00. The predicted molar refractivity (Wildman–Crippen MR) is 59.6 cm³/mol. The second-order valence-electron chi connectivity index (χ2n) is 4.34. The summed E-state index contributed by atoms with van der Waals surface area (Å²) in [4.78, 5) is 11.4. The standard InChI is InChI=1S/C11H13F3N2O2/c1-11(2,5-17)16-10(18)15-7-4-3-6(12)8(13)9(7)14/h3-4,17H,5H2,1-2H3,(H2,15,16,18). The molecule has 0 aliphatic heterocycles. The summed E-state index contributed by atoms with van der Waals surface area (Å²) in [6, 6.07) is 0.767. The van der Waals surface area contributed by atoms with Crippen LogP contribution in [0.5, 0.6) is 0 Å². The van der Waals surface area contributed by atoms with Crippen LogP contribution in [0.3, 0.4) is 0 Å². The zero-order valence-electron chi connectivity index (χ0n) is 9.85. The van der Waals surface area contributed by atoms with Crippen molar-refractivity contribution in [3.63, 3.8) is 0 Å². The van der Waals surface area contributed by atoms with Gasteiger partial charge in [-0.15, -0.1) is 0 Å². The van der Waals surface area contributed by atoms with Crippen molar-refractivity contribution in [1.82, 2.24) is 5.32 Å². The van der Waals surface area contributed by atoms with Gasteiger partial charge < -0.3 is 15.7 Å². The Morgan fingerprint density at radius 1 is 1.28 bits per heavy atom. The van der Waals surface area contributed by atoms with Crippen molar-refractivity contribution in [3.05, 3.63) is 29.6 Å². The number of carbonyl (C=O) groups is 1. The molecule has 18 heavy (non-hydrogen) atoms. The van der Waals surface area contributed by atoms with E-state index in [9.17, 15) is 18.0 Å². The minimum absolute atomic E-state index is 0.333. The summed E-state index contributed by atoms with van der Waals surface area (Å²) in [6.07, 6.45) is 0. The highest BCUT2D eigenvalue weighted by atomic mass is 19.2. The fourth-order valence-electron chi connectivity index (χ4n) is 1.12. The minimum Gasteiger partial charge on any atom is -0.394 e. The molecule has 0 fully saturated rings. The lowest BCUT2D eigenvalue weighted by Gasteiger charge is -2.23. The number of benzene rings is 1. The molecule has 1 aromatic rings. The molecule has 2 amide bonds. The minimum atomic E-state index is -1.66. The Bertz CT molecular complexity index is 464. The molecule has 0 saturated heterocycles. The molecule has 7 heteroatoms. The molecule has 0 heterocycles. The molecule has 0 radical (unpaired) electrons. The second-order valence-corrected chi connectivity index (χ2v) is 4.34. The fraction of sp³-hybridized carbons (Fsp3) is 0.364. The van der Waals surface area contributed by atoms with Gasteiger partial charge in [0.15, 0.2) is 17.5 Å². The van der Waals surface area contributed by atoms with E-state index in [0.717, 1.165) is 6.07 Å². The molecule has 0 unspecified atom stereocenters. The maximum absolute atomic E-state index is 13.2. The molecule has 0 saturated carbocycles. The molecule has 1 aromatic carbocycles. The van der Waals surface area contributed by atoms with Crippen molar-refractivity contribution in [2.45, 2.75) is 19.4 Å². The molecule has 0 bridgehead atoms. The van der Waals surface area contributed by atoms with E-state index in [4.69, 9.17) is 5.11 Å². The van der Waals surface area contributed by atoms with Gasteiger partial charge in [0.05, 0.1) is 17.8 Å². The summed E-state index contributed by atoms with van der Waals surface area (Å²) in [5.74, 6) is -4.48. The van der Waals surface area contributed by atoms with Crippen molar-refractivity contribution in [2.75, 3.05) is 11.9 Å². The summed E-state index contributed by atoms with van der Waals surface area (Å²) in [5, 5.41) is 13.3. The average Bonchev–Trinajstić information content (AvgIpc) is 2.29. The van der Waals surface area contributed by atoms with E-state index < -0.39 is 34.7 Å². The van der Waals surface area contributed by atoms with Gasteiger partial charge in [0.25, 0.3) is 0 Å². The summed E-state index contributed by atoms with van der Waals surface area (Å²) < 4.78 is 38.8. The van der Waals surface area contributed by atoms with Crippen molar-refractivity contribution in [1.29, 1.82) is 0 Å². The number of carbonyl (C=O) groups excluding carboxylic acids is 1. The van der Waals surface area contributed by atoms with E-state index in [0.29, 0.717) is 6.07 Å². The third kappa shape index (κ3) is 3.36. The lowest BCUT2D eigenvalue weighted by Crippen LogP contribution is -2.48. The monoisotopic (exact) mass is 262 g/mol.